The van der Waals surface area contributed by atoms with E-state index >= 15 is 0 Å². The van der Waals surface area contributed by atoms with Crippen LogP contribution in [-0.2, 0) is 33.9 Å². The van der Waals surface area contributed by atoms with Gasteiger partial charge in [0.2, 0.25) is 0 Å². The van der Waals surface area contributed by atoms with E-state index in [2.05, 4.69) is 0 Å². The van der Waals surface area contributed by atoms with E-state index in [-0.39, 0.29) is 32.1 Å². The molecule has 0 unspecified atom stereocenters. The van der Waals surface area contributed by atoms with Gasteiger partial charge < -0.3 is 14.4 Å². The molecule has 0 atom stereocenters. The first kappa shape index (κ1) is 14.6. The Balaban J connectivity index is 0. The molecule has 0 saturated carbocycles. The summed E-state index contributed by atoms with van der Waals surface area (Å²) in [7, 11) is 0. The Hall–Kier alpha value is -0.887. The van der Waals surface area contributed by atoms with Gasteiger partial charge in [0.05, 0.1) is 0 Å². The molecule has 13 heavy (non-hydrogen) atoms. The first-order valence-corrected chi connectivity index (χ1v) is 3.37. The van der Waals surface area contributed by atoms with Gasteiger partial charge in [-0.05, 0) is 6.92 Å². The van der Waals surface area contributed by atoms with Gasteiger partial charge in [-0.1, -0.05) is 24.3 Å². The second-order valence-corrected chi connectivity index (χ2v) is 2.16. The fourth-order valence-corrected chi connectivity index (χ4v) is 0.514. The van der Waals surface area contributed by atoms with Crippen LogP contribution in [0.5, 0.6) is 0 Å². The molecule has 0 aliphatic carbocycles. The van der Waals surface area contributed by atoms with E-state index in [1.54, 1.807) is 19.1 Å². The van der Waals surface area contributed by atoms with Crippen molar-refractivity contribution in [2.75, 3.05) is 0 Å². The largest absolute Gasteiger partial charge is 1.00 e. The zero-order chi connectivity index (χ0) is 9.45. The van der Waals surface area contributed by atoms with E-state index in [0.717, 1.165) is 0 Å². The molecule has 0 rings (SSSR count). The molecular formula is C9H9O3Ru. The molecule has 0 N–H and O–H groups in total. The predicted octanol–water partition coefficient (Wildman–Crippen LogP) is 0.610. The van der Waals surface area contributed by atoms with Crippen LogP contribution < -0.4 is 0 Å². The SMILES string of the molecule is CC=CC=CC([C-]=O)(C=O)C=O.[Ru+]. The van der Waals surface area contributed by atoms with Crippen LogP contribution in [0.25, 0.3) is 0 Å². The topological polar surface area (TPSA) is 51.2 Å². The van der Waals surface area contributed by atoms with Gasteiger partial charge in [0.15, 0.2) is 0 Å². The molecule has 0 fully saturated rings. The van der Waals surface area contributed by atoms with Crippen LogP contribution >= 0.6 is 0 Å². The quantitative estimate of drug-likeness (QED) is 0.241. The van der Waals surface area contributed by atoms with Gasteiger partial charge in [-0.25, -0.2) is 6.29 Å². The van der Waals surface area contributed by atoms with E-state index in [9.17, 15) is 14.4 Å². The van der Waals surface area contributed by atoms with Crippen molar-refractivity contribution in [3.63, 3.8) is 0 Å². The van der Waals surface area contributed by atoms with Gasteiger partial charge in [-0.15, -0.1) is 0 Å². The van der Waals surface area contributed by atoms with E-state index in [1.165, 1.54) is 18.4 Å². The third-order valence-electron chi connectivity index (χ3n) is 1.24. The summed E-state index contributed by atoms with van der Waals surface area (Å²) in [4.78, 5) is 30.8. The molecule has 0 spiro atoms. The summed E-state index contributed by atoms with van der Waals surface area (Å²) in [5.41, 5.74) is -1.72. The summed E-state index contributed by atoms with van der Waals surface area (Å²) in [5, 5.41) is 0. The van der Waals surface area contributed by atoms with Crippen molar-refractivity contribution < 1.29 is 33.9 Å². The predicted molar refractivity (Wildman–Crippen MR) is 44.2 cm³/mol. The summed E-state index contributed by atoms with van der Waals surface area (Å²) >= 11 is 0. The molecule has 0 aliphatic rings. The molecule has 0 aromatic heterocycles. The monoisotopic (exact) mass is 267 g/mol. The number of carbonyl (C=O) groups is 2. The summed E-state index contributed by atoms with van der Waals surface area (Å²) in [6.45, 7) is 1.78. The van der Waals surface area contributed by atoms with Gasteiger partial charge in [-0.2, -0.15) is 0 Å². The fourth-order valence-electron chi connectivity index (χ4n) is 0.514. The van der Waals surface area contributed by atoms with Crippen LogP contribution in [0.15, 0.2) is 24.3 Å². The van der Waals surface area contributed by atoms with Crippen molar-refractivity contribution in [3.05, 3.63) is 24.3 Å². The zero-order valence-corrected chi connectivity index (χ0v) is 8.78. The molecule has 0 aromatic rings. The maximum Gasteiger partial charge on any atom is 1.00 e. The Labute approximate surface area is 89.6 Å². The van der Waals surface area contributed by atoms with E-state index in [4.69, 9.17) is 0 Å². The summed E-state index contributed by atoms with van der Waals surface area (Å²) in [6.07, 6.45) is 7.85. The molecule has 71 valence electrons. The zero-order valence-electron chi connectivity index (χ0n) is 7.04. The number of carbonyl (C=O) groups excluding carboxylic acids is 3. The average Bonchev–Trinajstić information content (AvgIpc) is 2.14. The Morgan fingerprint density at radius 2 is 1.69 bits per heavy atom. The smallest absolute Gasteiger partial charge is 0.540 e. The second kappa shape index (κ2) is 7.75. The molecule has 0 heterocycles. The Morgan fingerprint density at radius 3 is 2.00 bits per heavy atom. The minimum atomic E-state index is -1.72. The molecule has 0 aliphatic heterocycles. The van der Waals surface area contributed by atoms with Crippen LogP contribution in [0, 0.1) is 5.41 Å². The van der Waals surface area contributed by atoms with Crippen molar-refractivity contribution in [2.24, 2.45) is 5.41 Å². The van der Waals surface area contributed by atoms with Crippen molar-refractivity contribution in [1.29, 1.82) is 0 Å². The van der Waals surface area contributed by atoms with Gasteiger partial charge in [0.1, 0.15) is 12.6 Å². The van der Waals surface area contributed by atoms with E-state index < -0.39 is 5.41 Å². The fraction of sp³-hybridized carbons (Fsp3) is 0.222. The summed E-state index contributed by atoms with van der Waals surface area (Å²) in [5.74, 6) is 0. The number of allylic oxidation sites excluding steroid dienone is 4. The molecule has 1 radical (unpaired) electrons. The van der Waals surface area contributed by atoms with Crippen LogP contribution in [0.4, 0.5) is 0 Å². The Bertz CT molecular complexity index is 209. The van der Waals surface area contributed by atoms with Gasteiger partial charge in [0.25, 0.3) is 0 Å². The second-order valence-electron chi connectivity index (χ2n) is 2.16. The minimum Gasteiger partial charge on any atom is -0.540 e. The van der Waals surface area contributed by atoms with Gasteiger partial charge in [0, 0.05) is 5.41 Å². The van der Waals surface area contributed by atoms with Crippen LogP contribution in [0.3, 0.4) is 0 Å². The third kappa shape index (κ3) is 4.63. The molecule has 0 bridgehead atoms. The van der Waals surface area contributed by atoms with Crippen LogP contribution in [0.2, 0.25) is 0 Å². The molecule has 3 nitrogen and oxygen atoms in total. The molecular weight excluding hydrogens is 257 g/mol. The molecule has 0 aromatic carbocycles. The van der Waals surface area contributed by atoms with Crippen LogP contribution in [-0.4, -0.2) is 18.9 Å². The van der Waals surface area contributed by atoms with Gasteiger partial charge in [-0.3, -0.25) is 0 Å². The van der Waals surface area contributed by atoms with E-state index in [0.29, 0.717) is 0 Å². The summed E-state index contributed by atoms with van der Waals surface area (Å²) in [6, 6.07) is 0. The van der Waals surface area contributed by atoms with Crippen molar-refractivity contribution in [2.45, 2.75) is 6.92 Å². The minimum absolute atomic E-state index is 0. The standard InChI is InChI=1S/C9H9O3.Ru/c1-2-3-4-5-9(6-10,7-11)8-12;/h2-7H,1H3;/q-1;+1. The normalized spacial score (nSPS) is 11.2. The number of aldehydes is 2. The van der Waals surface area contributed by atoms with Gasteiger partial charge >= 0.3 is 19.5 Å². The van der Waals surface area contributed by atoms with E-state index in [1.807, 2.05) is 0 Å². The van der Waals surface area contributed by atoms with Crippen molar-refractivity contribution >= 4 is 18.9 Å². The van der Waals surface area contributed by atoms with Crippen molar-refractivity contribution in [3.8, 4) is 0 Å². The number of hydrogen-bond acceptors (Lipinski definition) is 3. The first-order chi connectivity index (χ1) is 5.74. The summed E-state index contributed by atoms with van der Waals surface area (Å²) < 4.78 is 0. The molecule has 0 saturated heterocycles. The Kier molecular flexibility index (Phi) is 8.72. The number of hydrogen-bond donors (Lipinski definition) is 0. The third-order valence-corrected chi connectivity index (χ3v) is 1.24. The van der Waals surface area contributed by atoms with Crippen molar-refractivity contribution in [1.82, 2.24) is 0 Å². The Morgan fingerprint density at radius 1 is 1.15 bits per heavy atom. The average molecular weight is 266 g/mol. The van der Waals surface area contributed by atoms with Crippen LogP contribution in [0.1, 0.15) is 6.92 Å². The molecule has 4 heteroatoms. The number of rotatable bonds is 5. The molecule has 0 amide bonds. The maximum absolute atomic E-state index is 10.3. The first-order valence-electron chi connectivity index (χ1n) is 3.37. The maximum atomic E-state index is 10.3.